The smallest absolute Gasteiger partial charge is 0.203 e. The third kappa shape index (κ3) is 2.91. The van der Waals surface area contributed by atoms with Gasteiger partial charge in [-0.1, -0.05) is 18.2 Å². The fourth-order valence-electron chi connectivity index (χ4n) is 1.85. The first-order chi connectivity index (χ1) is 9.49. The third-order valence-electron chi connectivity index (χ3n) is 3.07. The minimum Gasteiger partial charge on any atom is -0.508 e. The molecular weight excluding hydrogens is 256 g/mol. The van der Waals surface area contributed by atoms with Crippen LogP contribution >= 0.6 is 0 Å². The summed E-state index contributed by atoms with van der Waals surface area (Å²) in [7, 11) is 0. The highest BCUT2D eigenvalue weighted by Gasteiger charge is 2.14. The van der Waals surface area contributed by atoms with Crippen molar-refractivity contribution in [3.8, 4) is 17.2 Å². The van der Waals surface area contributed by atoms with Gasteiger partial charge in [0.25, 0.3) is 0 Å². The summed E-state index contributed by atoms with van der Waals surface area (Å²) in [6, 6.07) is 10.0. The van der Waals surface area contributed by atoms with Crippen LogP contribution in [0.4, 0.5) is 0 Å². The maximum absolute atomic E-state index is 12.0. The molecule has 4 nitrogen and oxygen atoms in total. The zero-order chi connectivity index (χ0) is 14.7. The van der Waals surface area contributed by atoms with Gasteiger partial charge < -0.3 is 14.9 Å². The molecule has 0 aliphatic heterocycles. The Labute approximate surface area is 117 Å². The lowest BCUT2D eigenvalue weighted by Crippen LogP contribution is -2.12. The molecule has 0 aliphatic rings. The molecule has 2 aromatic rings. The molecule has 0 fully saturated rings. The molecule has 0 heterocycles. The van der Waals surface area contributed by atoms with Crippen LogP contribution in [-0.2, 0) is 0 Å². The molecule has 2 aromatic carbocycles. The molecule has 104 valence electrons. The molecule has 0 radical (unpaired) electrons. The molecule has 0 spiro atoms. The van der Waals surface area contributed by atoms with Crippen LogP contribution in [0.1, 0.15) is 21.5 Å². The Bertz CT molecular complexity index is 647. The fraction of sp³-hybridized carbons (Fsp3) is 0.188. The molecule has 20 heavy (non-hydrogen) atoms. The second kappa shape index (κ2) is 5.65. The van der Waals surface area contributed by atoms with Crippen molar-refractivity contribution < 1.29 is 19.7 Å². The van der Waals surface area contributed by atoms with E-state index < -0.39 is 0 Å². The van der Waals surface area contributed by atoms with E-state index in [1.807, 2.05) is 25.1 Å². The summed E-state index contributed by atoms with van der Waals surface area (Å²) < 4.78 is 5.45. The average Bonchev–Trinajstić information content (AvgIpc) is 2.41. The molecule has 0 amide bonds. The number of phenols is 2. The zero-order valence-electron chi connectivity index (χ0n) is 11.4. The van der Waals surface area contributed by atoms with Crippen LogP contribution in [0.3, 0.4) is 0 Å². The second-order valence-electron chi connectivity index (χ2n) is 4.63. The summed E-state index contributed by atoms with van der Waals surface area (Å²) in [6.07, 6.45) is 0. The Morgan fingerprint density at radius 3 is 2.45 bits per heavy atom. The number of hydrogen-bond donors (Lipinski definition) is 2. The van der Waals surface area contributed by atoms with E-state index in [9.17, 15) is 15.0 Å². The number of carbonyl (C=O) groups is 1. The van der Waals surface area contributed by atoms with E-state index in [0.717, 1.165) is 11.6 Å². The molecule has 0 unspecified atom stereocenters. The van der Waals surface area contributed by atoms with Crippen molar-refractivity contribution in [3.05, 3.63) is 53.1 Å². The Hall–Kier alpha value is -2.49. The highest BCUT2D eigenvalue weighted by atomic mass is 16.5. The SMILES string of the molecule is Cc1cc(C(=O)COc2ccccc2C)c(O)cc1O. The number of aromatic hydroxyl groups is 2. The largest absolute Gasteiger partial charge is 0.508 e. The molecule has 0 aromatic heterocycles. The molecule has 0 saturated carbocycles. The second-order valence-corrected chi connectivity index (χ2v) is 4.63. The summed E-state index contributed by atoms with van der Waals surface area (Å²) in [5.74, 6) is 0.00930. The normalized spacial score (nSPS) is 10.3. The van der Waals surface area contributed by atoms with E-state index in [0.29, 0.717) is 11.3 Å². The van der Waals surface area contributed by atoms with Gasteiger partial charge in [0.05, 0.1) is 5.56 Å². The predicted molar refractivity (Wildman–Crippen MR) is 75.5 cm³/mol. The lowest BCUT2D eigenvalue weighted by atomic mass is 10.1. The standard InChI is InChI=1S/C16H16O4/c1-10-5-3-4-6-16(10)20-9-15(19)12-7-11(2)13(17)8-14(12)18/h3-8,17-18H,9H2,1-2H3. The number of para-hydroxylation sites is 1. The molecule has 0 saturated heterocycles. The highest BCUT2D eigenvalue weighted by molar-refractivity contribution is 6.00. The van der Waals surface area contributed by atoms with Crippen LogP contribution in [0.25, 0.3) is 0 Å². The number of ketones is 1. The predicted octanol–water partition coefficient (Wildman–Crippen LogP) is 2.98. The topological polar surface area (TPSA) is 66.8 Å². The van der Waals surface area contributed by atoms with Crippen molar-refractivity contribution in [1.29, 1.82) is 0 Å². The molecule has 4 heteroatoms. The quantitative estimate of drug-likeness (QED) is 0.840. The Morgan fingerprint density at radius 1 is 1.05 bits per heavy atom. The number of ether oxygens (including phenoxy) is 1. The van der Waals surface area contributed by atoms with E-state index in [2.05, 4.69) is 0 Å². The van der Waals surface area contributed by atoms with Crippen molar-refractivity contribution in [1.82, 2.24) is 0 Å². The van der Waals surface area contributed by atoms with E-state index in [1.165, 1.54) is 6.07 Å². The van der Waals surface area contributed by atoms with Crippen LogP contribution in [-0.4, -0.2) is 22.6 Å². The van der Waals surface area contributed by atoms with E-state index >= 15 is 0 Å². The summed E-state index contributed by atoms with van der Waals surface area (Å²) in [6.45, 7) is 3.39. The monoisotopic (exact) mass is 272 g/mol. The van der Waals surface area contributed by atoms with Gasteiger partial charge in [-0.2, -0.15) is 0 Å². The average molecular weight is 272 g/mol. The van der Waals surface area contributed by atoms with Crippen molar-refractivity contribution in [2.45, 2.75) is 13.8 Å². The maximum atomic E-state index is 12.0. The van der Waals surface area contributed by atoms with Crippen molar-refractivity contribution in [2.75, 3.05) is 6.61 Å². The molecule has 2 rings (SSSR count). The first kappa shape index (κ1) is 13.9. The van der Waals surface area contributed by atoms with Gasteiger partial charge in [-0.15, -0.1) is 0 Å². The van der Waals surface area contributed by atoms with Gasteiger partial charge in [-0.05, 0) is 37.1 Å². The number of hydrogen-bond acceptors (Lipinski definition) is 4. The van der Waals surface area contributed by atoms with Gasteiger partial charge in [-0.25, -0.2) is 0 Å². The fourth-order valence-corrected chi connectivity index (χ4v) is 1.85. The van der Waals surface area contributed by atoms with Gasteiger partial charge >= 0.3 is 0 Å². The minimum atomic E-state index is -0.339. The summed E-state index contributed by atoms with van der Waals surface area (Å²) in [4.78, 5) is 12.0. The number of rotatable bonds is 4. The highest BCUT2D eigenvalue weighted by Crippen LogP contribution is 2.27. The third-order valence-corrected chi connectivity index (χ3v) is 3.07. The van der Waals surface area contributed by atoms with Crippen LogP contribution in [0.2, 0.25) is 0 Å². The maximum Gasteiger partial charge on any atom is 0.203 e. The van der Waals surface area contributed by atoms with Gasteiger partial charge in [0.15, 0.2) is 6.61 Å². The molecule has 0 aliphatic carbocycles. The van der Waals surface area contributed by atoms with Gasteiger partial charge in [0.2, 0.25) is 5.78 Å². The van der Waals surface area contributed by atoms with Gasteiger partial charge in [-0.3, -0.25) is 4.79 Å². The molecule has 0 atom stereocenters. The Balaban J connectivity index is 2.13. The van der Waals surface area contributed by atoms with Crippen LogP contribution in [0.5, 0.6) is 17.2 Å². The summed E-state index contributed by atoms with van der Waals surface area (Å²) in [5.41, 5.74) is 1.61. The lowest BCUT2D eigenvalue weighted by molar-refractivity contribution is 0.0918. The van der Waals surface area contributed by atoms with Gasteiger partial charge in [0, 0.05) is 6.07 Å². The number of phenolic OH excluding ortho intramolecular Hbond substituents is 2. The summed E-state index contributed by atoms with van der Waals surface area (Å²) >= 11 is 0. The first-order valence-corrected chi connectivity index (χ1v) is 6.23. The van der Waals surface area contributed by atoms with Crippen molar-refractivity contribution in [2.24, 2.45) is 0 Å². The molecule has 2 N–H and O–H groups in total. The number of Topliss-reactive ketones (excluding diaryl/α,β-unsaturated/α-hetero) is 1. The Morgan fingerprint density at radius 2 is 1.75 bits per heavy atom. The zero-order valence-corrected chi connectivity index (χ0v) is 11.4. The van der Waals surface area contributed by atoms with E-state index in [-0.39, 0.29) is 29.5 Å². The minimum absolute atomic E-state index is 0.0427. The lowest BCUT2D eigenvalue weighted by Gasteiger charge is -2.10. The van der Waals surface area contributed by atoms with E-state index in [4.69, 9.17) is 4.74 Å². The van der Waals surface area contributed by atoms with Crippen LogP contribution in [0.15, 0.2) is 36.4 Å². The molecule has 0 bridgehead atoms. The number of aryl methyl sites for hydroxylation is 2. The first-order valence-electron chi connectivity index (χ1n) is 6.23. The Kier molecular flexibility index (Phi) is 3.94. The number of benzene rings is 2. The van der Waals surface area contributed by atoms with Crippen molar-refractivity contribution in [3.63, 3.8) is 0 Å². The molecular formula is C16H16O4. The van der Waals surface area contributed by atoms with E-state index in [1.54, 1.807) is 13.0 Å². The van der Waals surface area contributed by atoms with Crippen molar-refractivity contribution >= 4 is 5.78 Å². The van der Waals surface area contributed by atoms with Gasteiger partial charge in [0.1, 0.15) is 17.2 Å². The number of carbonyl (C=O) groups excluding carboxylic acids is 1. The van der Waals surface area contributed by atoms with Crippen LogP contribution < -0.4 is 4.74 Å². The van der Waals surface area contributed by atoms with Crippen LogP contribution in [0, 0.1) is 13.8 Å². The summed E-state index contributed by atoms with van der Waals surface area (Å²) in [5, 5.41) is 19.1.